The predicted molar refractivity (Wildman–Crippen MR) is 57.4 cm³/mol. The molecule has 8 heteroatoms. The number of imidazole rings is 1. The highest BCUT2D eigenvalue weighted by atomic mass is 19.4. The molecule has 0 fully saturated rings. The van der Waals surface area contributed by atoms with Crippen molar-refractivity contribution in [1.82, 2.24) is 14.5 Å². The van der Waals surface area contributed by atoms with E-state index in [1.165, 1.54) is 6.20 Å². The van der Waals surface area contributed by atoms with Crippen molar-refractivity contribution in [2.45, 2.75) is 19.8 Å². The van der Waals surface area contributed by atoms with Crippen LogP contribution in [0.25, 0.3) is 11.5 Å². The zero-order chi connectivity index (χ0) is 14.2. The Morgan fingerprint density at radius 1 is 1.37 bits per heavy atom. The minimum Gasteiger partial charge on any atom is -0.376 e. The van der Waals surface area contributed by atoms with E-state index in [4.69, 9.17) is 5.11 Å². The highest BCUT2D eigenvalue weighted by molar-refractivity contribution is 5.52. The second-order valence-electron chi connectivity index (χ2n) is 3.90. The van der Waals surface area contributed by atoms with Gasteiger partial charge in [0.25, 0.3) is 0 Å². The number of aliphatic hydroxyl groups is 1. The maximum absolute atomic E-state index is 13.7. The first kappa shape index (κ1) is 13.5. The molecule has 0 aromatic carbocycles. The Kier molecular flexibility index (Phi) is 3.27. The number of aryl methyl sites for hydroxylation is 1. The van der Waals surface area contributed by atoms with E-state index in [0.717, 1.165) is 10.6 Å². The van der Waals surface area contributed by atoms with Gasteiger partial charge in [-0.1, -0.05) is 0 Å². The number of rotatable bonds is 2. The summed E-state index contributed by atoms with van der Waals surface area (Å²) in [5.41, 5.74) is -1.02. The van der Waals surface area contributed by atoms with Crippen LogP contribution in [-0.2, 0) is 12.9 Å². The van der Waals surface area contributed by atoms with Gasteiger partial charge in [0.2, 0.25) is 0 Å². The molecular formula is C11H9F4N3O. The van der Waals surface area contributed by atoms with Crippen LogP contribution < -0.4 is 0 Å². The lowest BCUT2D eigenvalue weighted by molar-refractivity contribution is -0.140. The minimum atomic E-state index is -4.67. The summed E-state index contributed by atoms with van der Waals surface area (Å²) in [6, 6.07) is 1.13. The lowest BCUT2D eigenvalue weighted by Gasteiger charge is -2.04. The van der Waals surface area contributed by atoms with Crippen LogP contribution in [0.5, 0.6) is 0 Å². The third-order valence-corrected chi connectivity index (χ3v) is 2.41. The molecule has 0 bridgehead atoms. The van der Waals surface area contributed by atoms with Crippen molar-refractivity contribution in [2.75, 3.05) is 0 Å². The Morgan fingerprint density at radius 2 is 2.05 bits per heavy atom. The molecule has 2 aromatic rings. The van der Waals surface area contributed by atoms with Crippen LogP contribution in [0.1, 0.15) is 11.3 Å². The third kappa shape index (κ3) is 2.58. The van der Waals surface area contributed by atoms with Crippen molar-refractivity contribution in [2.24, 2.45) is 0 Å². The number of hydrogen-bond donors (Lipinski definition) is 1. The second kappa shape index (κ2) is 4.61. The molecule has 0 aliphatic heterocycles. The molecule has 102 valence electrons. The second-order valence-corrected chi connectivity index (χ2v) is 3.90. The molecule has 2 heterocycles. The first-order valence-corrected chi connectivity index (χ1v) is 5.20. The molecule has 4 nitrogen and oxygen atoms in total. The van der Waals surface area contributed by atoms with E-state index in [0.29, 0.717) is 11.8 Å². The number of nitrogens with zero attached hydrogens (tertiary/aromatic N) is 3. The molecule has 0 spiro atoms. The van der Waals surface area contributed by atoms with E-state index >= 15 is 0 Å². The monoisotopic (exact) mass is 275 g/mol. The Morgan fingerprint density at radius 3 is 2.58 bits per heavy atom. The van der Waals surface area contributed by atoms with E-state index in [1.807, 2.05) is 0 Å². The van der Waals surface area contributed by atoms with Gasteiger partial charge in [0.05, 0.1) is 0 Å². The lowest BCUT2D eigenvalue weighted by atomic mass is 10.2. The summed E-state index contributed by atoms with van der Waals surface area (Å²) in [6.45, 7) is 0.840. The van der Waals surface area contributed by atoms with Gasteiger partial charge in [-0.25, -0.2) is 14.4 Å². The number of aliphatic hydroxyl groups excluding tert-OH is 1. The molecule has 0 saturated carbocycles. The van der Waals surface area contributed by atoms with Crippen LogP contribution in [0.3, 0.4) is 0 Å². The average molecular weight is 275 g/mol. The van der Waals surface area contributed by atoms with Crippen molar-refractivity contribution >= 4 is 0 Å². The van der Waals surface area contributed by atoms with Crippen LogP contribution in [0, 0.1) is 12.7 Å². The zero-order valence-corrected chi connectivity index (χ0v) is 9.74. The zero-order valence-electron chi connectivity index (χ0n) is 9.74. The molecular weight excluding hydrogens is 266 g/mol. The van der Waals surface area contributed by atoms with E-state index in [-0.39, 0.29) is 11.5 Å². The topological polar surface area (TPSA) is 50.9 Å². The van der Waals surface area contributed by atoms with Gasteiger partial charge in [0, 0.05) is 12.4 Å². The fourth-order valence-electron chi connectivity index (χ4n) is 1.55. The Hall–Kier alpha value is -1.96. The minimum absolute atomic E-state index is 0.338. The van der Waals surface area contributed by atoms with Gasteiger partial charge in [-0.05, 0) is 18.6 Å². The quantitative estimate of drug-likeness (QED) is 0.856. The first-order valence-electron chi connectivity index (χ1n) is 5.20. The van der Waals surface area contributed by atoms with E-state index in [1.54, 1.807) is 6.92 Å². The number of hydrogen-bond acceptors (Lipinski definition) is 3. The largest absolute Gasteiger partial charge is 0.434 e. The normalized spacial score (nSPS) is 11.9. The number of halogens is 4. The molecule has 0 unspecified atom stereocenters. The van der Waals surface area contributed by atoms with Gasteiger partial charge in [0.1, 0.15) is 12.4 Å². The third-order valence-electron chi connectivity index (χ3n) is 2.41. The summed E-state index contributed by atoms with van der Waals surface area (Å²) >= 11 is 0. The molecule has 2 aromatic heterocycles. The smallest absolute Gasteiger partial charge is 0.376 e. The van der Waals surface area contributed by atoms with E-state index in [9.17, 15) is 17.6 Å². The summed E-state index contributed by atoms with van der Waals surface area (Å²) in [4.78, 5) is 7.00. The van der Waals surface area contributed by atoms with E-state index in [2.05, 4.69) is 9.97 Å². The van der Waals surface area contributed by atoms with Gasteiger partial charge >= 0.3 is 6.18 Å². The van der Waals surface area contributed by atoms with E-state index < -0.39 is 24.4 Å². The molecule has 0 aliphatic carbocycles. The lowest BCUT2D eigenvalue weighted by Crippen LogP contribution is -2.05. The van der Waals surface area contributed by atoms with Crippen molar-refractivity contribution in [3.05, 3.63) is 35.5 Å². The fourth-order valence-corrected chi connectivity index (χ4v) is 1.55. The summed E-state index contributed by atoms with van der Waals surface area (Å²) in [5, 5.41) is 9.01. The number of aromatic nitrogens is 3. The molecule has 0 amide bonds. The maximum atomic E-state index is 13.7. The molecule has 2 rings (SSSR count). The highest BCUT2D eigenvalue weighted by Crippen LogP contribution is 2.31. The van der Waals surface area contributed by atoms with Crippen LogP contribution in [0.2, 0.25) is 0 Å². The van der Waals surface area contributed by atoms with Crippen LogP contribution in [0.4, 0.5) is 17.6 Å². The number of alkyl halides is 3. The summed E-state index contributed by atoms with van der Waals surface area (Å²) < 4.78 is 52.0. The maximum Gasteiger partial charge on any atom is 0.434 e. The van der Waals surface area contributed by atoms with Crippen LogP contribution >= 0.6 is 0 Å². The molecule has 0 atom stereocenters. The molecule has 0 radical (unpaired) electrons. The average Bonchev–Trinajstić information content (AvgIpc) is 2.72. The Labute approximate surface area is 105 Å². The van der Waals surface area contributed by atoms with Crippen LogP contribution in [-0.4, -0.2) is 19.6 Å². The van der Waals surface area contributed by atoms with Crippen molar-refractivity contribution < 1.29 is 22.7 Å². The SMILES string of the molecule is Cc1cnc(-c2nc(C(F)(F)F)cn2CO)c(F)c1. The Bertz CT molecular complexity index is 606. The molecule has 1 N–H and O–H groups in total. The molecule has 0 saturated heterocycles. The van der Waals surface area contributed by atoms with Gasteiger partial charge < -0.3 is 9.67 Å². The van der Waals surface area contributed by atoms with Gasteiger partial charge in [-0.3, -0.25) is 0 Å². The summed E-state index contributed by atoms with van der Waals surface area (Å²) in [7, 11) is 0. The van der Waals surface area contributed by atoms with Crippen molar-refractivity contribution in [3.63, 3.8) is 0 Å². The highest BCUT2D eigenvalue weighted by Gasteiger charge is 2.35. The van der Waals surface area contributed by atoms with Crippen LogP contribution in [0.15, 0.2) is 18.5 Å². The van der Waals surface area contributed by atoms with Crippen molar-refractivity contribution in [1.29, 1.82) is 0 Å². The molecule has 19 heavy (non-hydrogen) atoms. The fraction of sp³-hybridized carbons (Fsp3) is 0.273. The summed E-state index contributed by atoms with van der Waals surface area (Å²) in [6.07, 6.45) is -2.76. The number of pyridine rings is 1. The standard InChI is InChI=1S/C11H9F4N3O/c1-6-2-7(12)9(16-3-6)10-17-8(11(13,14)15)4-18(10)5-19/h2-4,19H,5H2,1H3. The first-order chi connectivity index (χ1) is 8.82. The predicted octanol–water partition coefficient (Wildman–Crippen LogP) is 2.36. The van der Waals surface area contributed by atoms with Gasteiger partial charge in [-0.15, -0.1) is 0 Å². The summed E-state index contributed by atoms with van der Waals surface area (Å²) in [5.74, 6) is -1.17. The van der Waals surface area contributed by atoms with Gasteiger partial charge in [0.15, 0.2) is 17.3 Å². The van der Waals surface area contributed by atoms with Gasteiger partial charge in [-0.2, -0.15) is 13.2 Å². The molecule has 0 aliphatic rings. The Balaban J connectivity index is 2.58. The van der Waals surface area contributed by atoms with Crippen molar-refractivity contribution in [3.8, 4) is 11.5 Å².